The molecule has 0 saturated carbocycles. The van der Waals surface area contributed by atoms with Gasteiger partial charge in [-0.25, -0.2) is 8.42 Å². The lowest BCUT2D eigenvalue weighted by Crippen LogP contribution is -2.45. The van der Waals surface area contributed by atoms with Gasteiger partial charge in [-0.15, -0.1) is 0 Å². The zero-order chi connectivity index (χ0) is 25.7. The van der Waals surface area contributed by atoms with E-state index in [0.29, 0.717) is 43.2 Å². The average molecular weight is 531 g/mol. The zero-order valence-electron chi connectivity index (χ0n) is 20.5. The monoisotopic (exact) mass is 530 g/mol. The number of hydrogen-bond donors (Lipinski definition) is 2. The summed E-state index contributed by atoms with van der Waals surface area (Å²) < 4.78 is 33.3. The topological polar surface area (TPSA) is 101 Å². The van der Waals surface area contributed by atoms with Crippen LogP contribution in [0, 0.1) is 12.8 Å². The number of carbonyl (C=O) groups excluding carboxylic acids is 1. The van der Waals surface area contributed by atoms with Crippen LogP contribution in [0.3, 0.4) is 0 Å². The average Bonchev–Trinajstić information content (AvgIpc) is 2.88. The van der Waals surface area contributed by atoms with Gasteiger partial charge in [0, 0.05) is 48.5 Å². The maximum absolute atomic E-state index is 13.3. The van der Waals surface area contributed by atoms with Gasteiger partial charge in [0.05, 0.1) is 18.5 Å². The van der Waals surface area contributed by atoms with E-state index in [9.17, 15) is 13.2 Å². The molecule has 1 atom stereocenters. The number of carbonyl (C=O) groups is 1. The van der Waals surface area contributed by atoms with Crippen molar-refractivity contribution < 1.29 is 17.9 Å². The number of rotatable bonds is 9. The number of fused-ring (bicyclic) bond motifs is 1. The summed E-state index contributed by atoms with van der Waals surface area (Å²) in [5.41, 5.74) is 2.61. The van der Waals surface area contributed by atoms with Gasteiger partial charge in [0.15, 0.2) is 0 Å². The molecule has 1 aromatic heterocycles. The molecule has 1 aliphatic rings. The fourth-order valence-electron chi connectivity index (χ4n) is 4.44. The van der Waals surface area contributed by atoms with E-state index in [1.54, 1.807) is 18.3 Å². The van der Waals surface area contributed by atoms with Crippen LogP contribution in [-0.4, -0.2) is 56.9 Å². The highest BCUT2D eigenvalue weighted by molar-refractivity contribution is 7.89. The van der Waals surface area contributed by atoms with Crippen LogP contribution in [0.15, 0.2) is 53.6 Å². The van der Waals surface area contributed by atoms with E-state index >= 15 is 0 Å². The first-order chi connectivity index (χ1) is 17.3. The number of aryl methyl sites for hydroxylation is 1. The first kappa shape index (κ1) is 26.2. The van der Waals surface area contributed by atoms with E-state index in [1.807, 2.05) is 37.3 Å². The van der Waals surface area contributed by atoms with Crippen LogP contribution in [0.2, 0.25) is 5.02 Å². The highest BCUT2D eigenvalue weighted by Gasteiger charge is 2.34. The number of aromatic nitrogens is 1. The summed E-state index contributed by atoms with van der Waals surface area (Å²) in [6.07, 6.45) is 3.75. The van der Waals surface area contributed by atoms with Crippen LogP contribution in [0.4, 0.5) is 5.69 Å². The maximum atomic E-state index is 13.3. The normalized spacial score (nSPS) is 16.6. The fraction of sp³-hybridized carbons (Fsp3) is 0.385. The Kier molecular flexibility index (Phi) is 8.33. The summed E-state index contributed by atoms with van der Waals surface area (Å²) in [4.78, 5) is 17.3. The molecule has 1 saturated heterocycles. The molecule has 4 rings (SSSR count). The molecular weight excluding hydrogens is 500 g/mol. The quantitative estimate of drug-likeness (QED) is 0.402. The highest BCUT2D eigenvalue weighted by atomic mass is 35.5. The SMILES string of the molecule is COc1ccc(C)cc1S(=O)(=O)N1CCCC(C(=O)NCCCNc2ccnc3cc(Cl)ccc23)C1. The van der Waals surface area contributed by atoms with Crippen molar-refractivity contribution in [3.05, 3.63) is 59.2 Å². The number of nitrogens with zero attached hydrogens (tertiary/aromatic N) is 2. The first-order valence-corrected chi connectivity index (χ1v) is 13.8. The van der Waals surface area contributed by atoms with Crippen molar-refractivity contribution in [2.45, 2.75) is 31.1 Å². The van der Waals surface area contributed by atoms with Gasteiger partial charge >= 0.3 is 0 Å². The number of ether oxygens (including phenoxy) is 1. The van der Waals surface area contributed by atoms with Crippen molar-refractivity contribution in [1.29, 1.82) is 0 Å². The predicted octanol–water partition coefficient (Wildman–Crippen LogP) is 4.22. The molecule has 3 aromatic rings. The minimum Gasteiger partial charge on any atom is -0.495 e. The molecule has 1 fully saturated rings. The summed E-state index contributed by atoms with van der Waals surface area (Å²) in [5.74, 6) is -0.189. The number of halogens is 1. The Labute approximate surface area is 217 Å². The smallest absolute Gasteiger partial charge is 0.246 e. The van der Waals surface area contributed by atoms with Gasteiger partial charge in [-0.2, -0.15) is 4.31 Å². The molecule has 1 aliphatic heterocycles. The second kappa shape index (κ2) is 11.5. The van der Waals surface area contributed by atoms with Gasteiger partial charge in [0.1, 0.15) is 10.6 Å². The molecule has 1 amide bonds. The Balaban J connectivity index is 1.30. The van der Waals surface area contributed by atoms with E-state index < -0.39 is 10.0 Å². The second-order valence-electron chi connectivity index (χ2n) is 8.95. The molecule has 0 bridgehead atoms. The van der Waals surface area contributed by atoms with E-state index in [0.717, 1.165) is 28.6 Å². The summed E-state index contributed by atoms with van der Waals surface area (Å²) >= 11 is 6.05. The molecule has 10 heteroatoms. The van der Waals surface area contributed by atoms with Crippen LogP contribution in [0.5, 0.6) is 5.75 Å². The number of anilines is 1. The van der Waals surface area contributed by atoms with Gasteiger partial charge < -0.3 is 15.4 Å². The number of nitrogens with one attached hydrogen (secondary N) is 2. The number of piperidine rings is 1. The van der Waals surface area contributed by atoms with Gasteiger partial charge in [-0.1, -0.05) is 17.7 Å². The third kappa shape index (κ3) is 5.91. The number of methoxy groups -OCH3 is 1. The van der Waals surface area contributed by atoms with E-state index in [4.69, 9.17) is 16.3 Å². The number of pyridine rings is 1. The molecule has 36 heavy (non-hydrogen) atoms. The number of sulfonamides is 1. The summed E-state index contributed by atoms with van der Waals surface area (Å²) in [7, 11) is -2.31. The van der Waals surface area contributed by atoms with Crippen molar-refractivity contribution in [3.63, 3.8) is 0 Å². The lowest BCUT2D eigenvalue weighted by molar-refractivity contribution is -0.126. The second-order valence-corrected chi connectivity index (χ2v) is 11.3. The van der Waals surface area contributed by atoms with Gasteiger partial charge in [0.25, 0.3) is 0 Å². The van der Waals surface area contributed by atoms with Crippen LogP contribution in [0.25, 0.3) is 10.9 Å². The molecule has 2 heterocycles. The minimum atomic E-state index is -3.77. The standard InChI is InChI=1S/C26H31ClN4O4S/c1-18-6-9-24(35-2)25(15-18)36(33,34)31-14-3-5-19(17-31)26(32)30-12-4-11-28-22-10-13-29-23-16-20(27)7-8-21(22)23/h6-10,13,15-16,19H,3-5,11-12,14,17H2,1-2H3,(H,28,29)(H,30,32). The summed E-state index contributed by atoms with van der Waals surface area (Å²) in [6, 6.07) is 12.6. The van der Waals surface area contributed by atoms with E-state index in [1.165, 1.54) is 11.4 Å². The van der Waals surface area contributed by atoms with E-state index in [2.05, 4.69) is 15.6 Å². The Morgan fingerprint density at radius 1 is 1.19 bits per heavy atom. The highest BCUT2D eigenvalue weighted by Crippen LogP contribution is 2.30. The zero-order valence-corrected chi connectivity index (χ0v) is 22.0. The van der Waals surface area contributed by atoms with Crippen LogP contribution in [0.1, 0.15) is 24.8 Å². The molecule has 8 nitrogen and oxygen atoms in total. The summed E-state index contributed by atoms with van der Waals surface area (Å²) in [6.45, 7) is 3.55. The molecule has 0 radical (unpaired) electrons. The Morgan fingerprint density at radius 3 is 2.83 bits per heavy atom. The van der Waals surface area contributed by atoms with Crippen LogP contribution < -0.4 is 15.4 Å². The number of benzene rings is 2. The Bertz CT molecular complexity index is 1350. The van der Waals surface area contributed by atoms with E-state index in [-0.39, 0.29) is 23.3 Å². The molecule has 192 valence electrons. The largest absolute Gasteiger partial charge is 0.495 e. The number of hydrogen-bond acceptors (Lipinski definition) is 6. The molecule has 2 aromatic carbocycles. The molecule has 0 aliphatic carbocycles. The third-order valence-corrected chi connectivity index (χ3v) is 8.49. The Morgan fingerprint density at radius 2 is 2.03 bits per heavy atom. The molecule has 1 unspecified atom stereocenters. The number of amides is 1. The van der Waals surface area contributed by atoms with Crippen LogP contribution in [-0.2, 0) is 14.8 Å². The van der Waals surface area contributed by atoms with Gasteiger partial charge in [-0.05, 0) is 68.1 Å². The molecule has 0 spiro atoms. The lowest BCUT2D eigenvalue weighted by Gasteiger charge is -2.31. The third-order valence-electron chi connectivity index (χ3n) is 6.36. The van der Waals surface area contributed by atoms with Crippen molar-refractivity contribution in [2.24, 2.45) is 5.92 Å². The van der Waals surface area contributed by atoms with Gasteiger partial charge in [-0.3, -0.25) is 9.78 Å². The fourth-order valence-corrected chi connectivity index (χ4v) is 6.37. The predicted molar refractivity (Wildman–Crippen MR) is 142 cm³/mol. The Hall–Kier alpha value is -2.88. The lowest BCUT2D eigenvalue weighted by atomic mass is 9.99. The van der Waals surface area contributed by atoms with Gasteiger partial charge in [0.2, 0.25) is 15.9 Å². The van der Waals surface area contributed by atoms with Crippen molar-refractivity contribution in [2.75, 3.05) is 38.6 Å². The van der Waals surface area contributed by atoms with Crippen molar-refractivity contribution >= 4 is 44.1 Å². The minimum absolute atomic E-state index is 0.116. The van der Waals surface area contributed by atoms with Crippen LogP contribution >= 0.6 is 11.6 Å². The molecular formula is C26H31ClN4O4S. The maximum Gasteiger partial charge on any atom is 0.246 e. The first-order valence-electron chi connectivity index (χ1n) is 12.0. The van der Waals surface area contributed by atoms with Crippen molar-refractivity contribution in [3.8, 4) is 5.75 Å². The van der Waals surface area contributed by atoms with Crippen molar-refractivity contribution in [1.82, 2.24) is 14.6 Å². The molecule has 2 N–H and O–H groups in total. The summed E-state index contributed by atoms with van der Waals surface area (Å²) in [5, 5.41) is 7.99.